The number of carbonyl (C=O) groups is 1. The minimum Gasteiger partial charge on any atom is -0.382 e. The first-order valence-corrected chi connectivity index (χ1v) is 32.5. The Morgan fingerprint density at radius 2 is 1.15 bits per heavy atom. The number of anilines is 2. The standard InChI is InChI=1S/C53H81N11O11P2S2/c1-8-41-42(29-46(72-41)63-34-61-48-50(54)57-32-59-52(48)63)74-77(68,69)71-31-44-43(30-47(73-44)64-35-62-49-51(55)58-33-60-53(49)64)75-76(66,67)70-26-14-27-78-79-28-25-56-45(65)24-23-40(7)22-13-20-38(5)17-10-9-16-37(4)19-12-21-39(6)18-11-15-36(2)3/h15-17,21-22,32-35,41-44,46-47H,8-14,18-20,23-31H2,1-7H3,(H,56,65)(H,66,67)(H,68,69)(H2,54,57,59)(H2,55,58,60)/b37-16?,38-17+,39-21+,40-22?/t41-,42?,43?,44-,46-,47-/m1/s1. The highest BCUT2D eigenvalue weighted by molar-refractivity contribution is 8.76. The van der Waals surface area contributed by atoms with E-state index in [0.29, 0.717) is 59.6 Å². The Kier molecular flexibility index (Phi) is 25.7. The summed E-state index contributed by atoms with van der Waals surface area (Å²) in [7, 11) is -6.36. The van der Waals surface area contributed by atoms with Crippen LogP contribution in [0.4, 0.5) is 11.6 Å². The quantitative estimate of drug-likeness (QED) is 0.0126. The van der Waals surface area contributed by atoms with Gasteiger partial charge in [0.05, 0.1) is 38.1 Å². The number of nitrogens with zero attached hydrogens (tertiary/aromatic N) is 8. The molecule has 6 heterocycles. The maximum atomic E-state index is 13.5. The molecule has 2 saturated heterocycles. The molecular weight excluding hydrogens is 1090 g/mol. The number of fused-ring (bicyclic) bond motifs is 2. The van der Waals surface area contributed by atoms with Gasteiger partial charge in [0.15, 0.2) is 22.9 Å². The molecule has 0 radical (unpaired) electrons. The van der Waals surface area contributed by atoms with Gasteiger partial charge in [0.25, 0.3) is 0 Å². The van der Waals surface area contributed by atoms with Gasteiger partial charge in [0.2, 0.25) is 5.91 Å². The largest absolute Gasteiger partial charge is 0.472 e. The number of aromatic nitrogens is 8. The van der Waals surface area contributed by atoms with Crippen molar-refractivity contribution in [1.82, 2.24) is 44.4 Å². The molecule has 1 amide bonds. The molecule has 2 fully saturated rings. The number of phosphoric acid groups is 2. The molecular formula is C53H81N11O11P2S2. The summed E-state index contributed by atoms with van der Waals surface area (Å²) >= 11 is 0. The van der Waals surface area contributed by atoms with E-state index in [0.717, 1.165) is 57.8 Å². The van der Waals surface area contributed by atoms with Crippen molar-refractivity contribution in [1.29, 1.82) is 0 Å². The van der Waals surface area contributed by atoms with Crippen molar-refractivity contribution in [3.05, 3.63) is 83.6 Å². The number of phosphoric ester groups is 2. The second-order valence-corrected chi connectivity index (χ2v) is 25.7. The van der Waals surface area contributed by atoms with Gasteiger partial charge in [-0.25, -0.2) is 39.0 Å². The molecule has 4 aromatic rings. The minimum absolute atomic E-state index is 0.0147. The summed E-state index contributed by atoms with van der Waals surface area (Å²) in [6, 6.07) is 0. The number of nitrogens with one attached hydrogen (secondary N) is 1. The van der Waals surface area contributed by atoms with Crippen molar-refractivity contribution < 1.29 is 51.3 Å². The number of carbonyl (C=O) groups excluding carboxylic acids is 1. The summed E-state index contributed by atoms with van der Waals surface area (Å²) in [5, 5.41) is 2.99. The topological polar surface area (TPSA) is 298 Å². The second kappa shape index (κ2) is 31.8. The van der Waals surface area contributed by atoms with Gasteiger partial charge in [-0.2, -0.15) is 0 Å². The SMILES string of the molecule is CC[C@H]1O[C@@H](n2cnc3c(N)ncnc32)CC1OP(=O)(O)OC[C@H]1O[C@@H](n2cnc3c(N)ncnc32)CC1OP(=O)(O)OCCCSSCCNC(=O)CCC(C)=CCC/C(C)=C/CCC=C(C)CC/C=C(\C)CCC=C(C)C. The van der Waals surface area contributed by atoms with Crippen LogP contribution in [0, 0.1) is 0 Å². The third-order valence-corrected chi connectivity index (χ3v) is 17.9. The van der Waals surface area contributed by atoms with E-state index in [9.17, 15) is 23.7 Å². The van der Waals surface area contributed by atoms with Crippen LogP contribution in [0.15, 0.2) is 83.6 Å². The molecule has 8 atom stereocenters. The number of rotatable bonds is 34. The van der Waals surface area contributed by atoms with Crippen LogP contribution in [-0.4, -0.2) is 110 Å². The summed E-state index contributed by atoms with van der Waals surface area (Å²) in [5.41, 5.74) is 20.4. The maximum absolute atomic E-state index is 13.5. The Morgan fingerprint density at radius 3 is 1.70 bits per heavy atom. The summed E-state index contributed by atoms with van der Waals surface area (Å²) in [4.78, 5) is 59.5. The van der Waals surface area contributed by atoms with Crippen LogP contribution in [-0.2, 0) is 41.5 Å². The highest BCUT2D eigenvalue weighted by Gasteiger charge is 2.45. The molecule has 436 valence electrons. The van der Waals surface area contributed by atoms with E-state index in [1.165, 1.54) is 53.2 Å². The average molecular weight is 1170 g/mol. The fraction of sp³-hybridized carbons (Fsp3) is 0.604. The second-order valence-electron chi connectivity index (χ2n) is 20.2. The summed E-state index contributed by atoms with van der Waals surface area (Å²) in [6.07, 6.45) is 22.6. The number of allylic oxidation sites excluding steroid dienone is 10. The predicted octanol–water partition coefficient (Wildman–Crippen LogP) is 11.4. The molecule has 22 nitrogen and oxygen atoms in total. The first kappa shape index (κ1) is 63.9. The normalized spacial score (nSPS) is 21.9. The minimum atomic E-state index is -4.81. The average Bonchev–Trinajstić information content (AvgIpc) is 4.34. The molecule has 0 aliphatic carbocycles. The number of imidazole rings is 2. The Bertz CT molecular complexity index is 2880. The highest BCUT2D eigenvalue weighted by Crippen LogP contribution is 2.52. The van der Waals surface area contributed by atoms with Crippen molar-refractivity contribution in [2.24, 2.45) is 0 Å². The molecule has 7 N–H and O–H groups in total. The zero-order valence-electron chi connectivity index (χ0n) is 46.6. The smallest absolute Gasteiger partial charge is 0.382 e. The lowest BCUT2D eigenvalue weighted by Crippen LogP contribution is -2.29. The summed E-state index contributed by atoms with van der Waals surface area (Å²) < 4.78 is 64.7. The van der Waals surface area contributed by atoms with E-state index in [-0.39, 0.29) is 37.0 Å². The van der Waals surface area contributed by atoms with E-state index in [4.69, 9.17) is 39.0 Å². The Balaban J connectivity index is 0.862. The van der Waals surface area contributed by atoms with Crippen molar-refractivity contribution in [3.8, 4) is 0 Å². The zero-order chi connectivity index (χ0) is 57.0. The van der Waals surface area contributed by atoms with E-state index in [1.807, 2.05) is 6.92 Å². The lowest BCUT2D eigenvalue weighted by Gasteiger charge is -2.24. The van der Waals surface area contributed by atoms with Crippen molar-refractivity contribution in [2.75, 3.05) is 42.7 Å². The zero-order valence-corrected chi connectivity index (χ0v) is 50.0. The Morgan fingerprint density at radius 1 is 0.671 bits per heavy atom. The summed E-state index contributed by atoms with van der Waals surface area (Å²) in [6.45, 7) is 14.8. The first-order chi connectivity index (χ1) is 37.8. The molecule has 2 aliphatic rings. The van der Waals surface area contributed by atoms with Gasteiger partial charge in [-0.15, -0.1) is 0 Å². The maximum Gasteiger partial charge on any atom is 0.472 e. The number of amides is 1. The lowest BCUT2D eigenvalue weighted by atomic mass is 10.0. The van der Waals surface area contributed by atoms with E-state index in [1.54, 1.807) is 30.7 Å². The molecule has 0 bridgehead atoms. The monoisotopic (exact) mass is 1170 g/mol. The molecule has 26 heteroatoms. The van der Waals surface area contributed by atoms with Gasteiger partial charge in [-0.3, -0.25) is 32.0 Å². The van der Waals surface area contributed by atoms with Gasteiger partial charge in [0.1, 0.15) is 48.4 Å². The Labute approximate surface area is 472 Å². The number of hydrogen-bond donors (Lipinski definition) is 5. The third kappa shape index (κ3) is 20.9. The van der Waals surface area contributed by atoms with Crippen LogP contribution >= 0.6 is 37.2 Å². The molecule has 79 heavy (non-hydrogen) atoms. The van der Waals surface area contributed by atoms with Crippen LogP contribution in [0.5, 0.6) is 0 Å². The van der Waals surface area contributed by atoms with E-state index < -0.39 is 59.1 Å². The van der Waals surface area contributed by atoms with Gasteiger partial charge in [-0.05, 0) is 112 Å². The molecule has 6 rings (SSSR count). The Hall–Kier alpha value is -4.29. The van der Waals surface area contributed by atoms with Crippen LogP contribution in [0.25, 0.3) is 22.3 Å². The fourth-order valence-corrected chi connectivity index (χ4v) is 12.9. The third-order valence-electron chi connectivity index (χ3n) is 13.4. The van der Waals surface area contributed by atoms with Gasteiger partial charge >= 0.3 is 15.6 Å². The van der Waals surface area contributed by atoms with E-state index >= 15 is 0 Å². The summed E-state index contributed by atoms with van der Waals surface area (Å²) in [5.74, 6) is 1.65. The fourth-order valence-electron chi connectivity index (χ4n) is 9.00. The van der Waals surface area contributed by atoms with Crippen molar-refractivity contribution >= 4 is 77.1 Å². The van der Waals surface area contributed by atoms with Crippen LogP contribution < -0.4 is 16.8 Å². The molecule has 4 unspecified atom stereocenters. The lowest BCUT2D eigenvalue weighted by molar-refractivity contribution is -0.120. The van der Waals surface area contributed by atoms with Crippen LogP contribution in [0.3, 0.4) is 0 Å². The predicted molar refractivity (Wildman–Crippen MR) is 311 cm³/mol. The number of nitrogens with two attached hydrogens (primary N) is 2. The molecule has 0 saturated carbocycles. The number of ether oxygens (including phenoxy) is 2. The molecule has 0 spiro atoms. The van der Waals surface area contributed by atoms with Crippen LogP contribution in [0.1, 0.15) is 151 Å². The van der Waals surface area contributed by atoms with Gasteiger partial charge in [-0.1, -0.05) is 86.8 Å². The van der Waals surface area contributed by atoms with Gasteiger partial charge in [0, 0.05) is 37.3 Å². The number of unbranched alkanes of at least 4 members (excludes halogenated alkanes) is 1. The van der Waals surface area contributed by atoms with E-state index in [2.05, 4.69) is 107 Å². The van der Waals surface area contributed by atoms with Crippen LogP contribution in [0.2, 0.25) is 0 Å². The van der Waals surface area contributed by atoms with Gasteiger partial charge < -0.3 is 36.0 Å². The first-order valence-electron chi connectivity index (χ1n) is 27.1. The van der Waals surface area contributed by atoms with Crippen molar-refractivity contribution in [2.45, 2.75) is 175 Å². The molecule has 4 aromatic heterocycles. The highest BCUT2D eigenvalue weighted by atomic mass is 33.1. The number of hydrogen-bond acceptors (Lipinski definition) is 19. The molecule has 0 aromatic carbocycles. The molecule has 2 aliphatic heterocycles. The number of nitrogen functional groups attached to an aromatic ring is 2. The van der Waals surface area contributed by atoms with Crippen molar-refractivity contribution in [3.63, 3.8) is 0 Å².